The molecule has 98 valence electrons. The summed E-state index contributed by atoms with van der Waals surface area (Å²) in [5, 5.41) is 11.4. The highest BCUT2D eigenvalue weighted by atomic mass is 19.2. The van der Waals surface area contributed by atoms with Gasteiger partial charge in [0.2, 0.25) is 0 Å². The molecule has 4 nitrogen and oxygen atoms in total. The number of carbonyl (C=O) groups is 1. The van der Waals surface area contributed by atoms with Gasteiger partial charge in [-0.3, -0.25) is 4.79 Å². The van der Waals surface area contributed by atoms with Gasteiger partial charge >= 0.3 is 0 Å². The topological polar surface area (TPSA) is 62.2 Å². The Labute approximate surface area is 105 Å². The summed E-state index contributed by atoms with van der Waals surface area (Å²) in [6, 6.07) is 3.42. The molecule has 0 fully saturated rings. The molecular weight excluding hydrogens is 261 g/mol. The van der Waals surface area contributed by atoms with Gasteiger partial charge < -0.3 is 10.4 Å². The number of halogens is 3. The lowest BCUT2D eigenvalue weighted by Gasteiger charge is -2.07. The van der Waals surface area contributed by atoms with Gasteiger partial charge in [-0.2, -0.15) is 0 Å². The molecule has 2 rings (SSSR count). The Balaban J connectivity index is 2.30. The second-order valence-corrected chi connectivity index (χ2v) is 3.57. The van der Waals surface area contributed by atoms with Gasteiger partial charge in [0, 0.05) is 18.3 Å². The van der Waals surface area contributed by atoms with Crippen molar-refractivity contribution in [1.29, 1.82) is 0 Å². The van der Waals surface area contributed by atoms with E-state index in [-0.39, 0.29) is 5.69 Å². The minimum Gasteiger partial charge on any atom is -0.505 e. The van der Waals surface area contributed by atoms with Gasteiger partial charge in [-0.1, -0.05) is 0 Å². The molecule has 7 heteroatoms. The first-order chi connectivity index (χ1) is 8.99. The van der Waals surface area contributed by atoms with Crippen molar-refractivity contribution in [1.82, 2.24) is 4.98 Å². The largest absolute Gasteiger partial charge is 0.505 e. The number of nitrogens with one attached hydrogen (secondary N) is 1. The molecular formula is C12H7F3N2O2. The molecule has 0 aliphatic rings. The number of hydrogen-bond acceptors (Lipinski definition) is 3. The average Bonchev–Trinajstić information content (AvgIpc) is 2.36. The maximum absolute atomic E-state index is 13.3. The lowest BCUT2D eigenvalue weighted by molar-refractivity contribution is 0.101. The number of hydrogen-bond donors (Lipinski definition) is 2. The Morgan fingerprint density at radius 1 is 1.16 bits per heavy atom. The van der Waals surface area contributed by atoms with Crippen molar-refractivity contribution in [3.63, 3.8) is 0 Å². The van der Waals surface area contributed by atoms with E-state index in [1.165, 1.54) is 18.3 Å². The zero-order chi connectivity index (χ0) is 14.0. The van der Waals surface area contributed by atoms with Crippen LogP contribution in [-0.2, 0) is 0 Å². The predicted octanol–water partition coefficient (Wildman–Crippen LogP) is 2.46. The van der Waals surface area contributed by atoms with Crippen LogP contribution in [0.25, 0.3) is 0 Å². The van der Waals surface area contributed by atoms with Crippen LogP contribution < -0.4 is 5.32 Å². The molecule has 2 N–H and O–H groups in total. The third-order valence-corrected chi connectivity index (χ3v) is 2.26. The number of amides is 1. The molecule has 0 spiro atoms. The summed E-state index contributed by atoms with van der Waals surface area (Å²) in [4.78, 5) is 15.3. The van der Waals surface area contributed by atoms with E-state index in [4.69, 9.17) is 0 Å². The third-order valence-electron chi connectivity index (χ3n) is 2.26. The number of benzene rings is 1. The van der Waals surface area contributed by atoms with Crippen LogP contribution in [0.4, 0.5) is 18.9 Å². The minimum absolute atomic E-state index is 0.309. The molecule has 0 bridgehead atoms. The first kappa shape index (κ1) is 12.9. The van der Waals surface area contributed by atoms with Crippen LogP contribution in [0.5, 0.6) is 5.75 Å². The monoisotopic (exact) mass is 268 g/mol. The average molecular weight is 268 g/mol. The summed E-state index contributed by atoms with van der Waals surface area (Å²) in [7, 11) is 0. The molecule has 0 radical (unpaired) electrons. The Hall–Kier alpha value is -2.57. The maximum Gasteiger partial charge on any atom is 0.278 e. The van der Waals surface area contributed by atoms with Crippen molar-refractivity contribution >= 4 is 11.6 Å². The quantitative estimate of drug-likeness (QED) is 0.822. The summed E-state index contributed by atoms with van der Waals surface area (Å²) < 4.78 is 38.9. The SMILES string of the molecule is O=C(Nc1cc(F)c(F)cc1F)c1ncccc1O. The molecule has 0 saturated heterocycles. The molecule has 0 unspecified atom stereocenters. The number of pyridine rings is 1. The van der Waals surface area contributed by atoms with E-state index in [2.05, 4.69) is 4.98 Å². The van der Waals surface area contributed by atoms with E-state index in [1.54, 1.807) is 0 Å². The van der Waals surface area contributed by atoms with E-state index >= 15 is 0 Å². The van der Waals surface area contributed by atoms with Crippen LogP contribution in [-0.4, -0.2) is 16.0 Å². The molecule has 1 heterocycles. The van der Waals surface area contributed by atoms with Crippen LogP contribution in [0, 0.1) is 17.5 Å². The number of aromatic hydroxyl groups is 1. The number of carbonyl (C=O) groups excluding carboxylic acids is 1. The Kier molecular flexibility index (Phi) is 3.37. The number of nitrogens with zero attached hydrogens (tertiary/aromatic N) is 1. The highest BCUT2D eigenvalue weighted by Crippen LogP contribution is 2.20. The van der Waals surface area contributed by atoms with Gasteiger partial charge in [0.05, 0.1) is 5.69 Å². The second-order valence-electron chi connectivity index (χ2n) is 3.57. The van der Waals surface area contributed by atoms with Crippen molar-refractivity contribution in [2.45, 2.75) is 0 Å². The minimum atomic E-state index is -1.36. The molecule has 0 aliphatic heterocycles. The molecule has 1 amide bonds. The fourth-order valence-corrected chi connectivity index (χ4v) is 1.37. The van der Waals surface area contributed by atoms with Crippen LogP contribution >= 0.6 is 0 Å². The zero-order valence-electron chi connectivity index (χ0n) is 9.32. The van der Waals surface area contributed by atoms with Gasteiger partial charge in [0.1, 0.15) is 11.6 Å². The van der Waals surface area contributed by atoms with Crippen LogP contribution in [0.2, 0.25) is 0 Å². The third kappa shape index (κ3) is 2.65. The van der Waals surface area contributed by atoms with Crippen molar-refractivity contribution in [2.75, 3.05) is 5.32 Å². The fourth-order valence-electron chi connectivity index (χ4n) is 1.37. The van der Waals surface area contributed by atoms with Crippen molar-refractivity contribution < 1.29 is 23.1 Å². The highest BCUT2D eigenvalue weighted by Gasteiger charge is 2.16. The predicted molar refractivity (Wildman–Crippen MR) is 60.2 cm³/mol. The van der Waals surface area contributed by atoms with Gasteiger partial charge in [-0.25, -0.2) is 18.2 Å². The van der Waals surface area contributed by atoms with Crippen LogP contribution in [0.3, 0.4) is 0 Å². The van der Waals surface area contributed by atoms with Crippen molar-refractivity contribution in [3.8, 4) is 5.75 Å². The first-order valence-electron chi connectivity index (χ1n) is 5.09. The number of aromatic nitrogens is 1. The summed E-state index contributed by atoms with van der Waals surface area (Å²) in [5.41, 5.74) is -0.902. The van der Waals surface area contributed by atoms with Gasteiger partial charge in [0.15, 0.2) is 17.3 Å². The summed E-state index contributed by atoms with van der Waals surface area (Å²) in [6.07, 6.45) is 1.25. The number of anilines is 1. The smallest absolute Gasteiger partial charge is 0.278 e. The molecule has 0 atom stereocenters. The number of rotatable bonds is 2. The molecule has 19 heavy (non-hydrogen) atoms. The molecule has 0 aliphatic carbocycles. The molecule has 2 aromatic rings. The van der Waals surface area contributed by atoms with E-state index in [0.29, 0.717) is 12.1 Å². The second kappa shape index (κ2) is 4.97. The standard InChI is InChI=1S/C12H7F3N2O2/c13-6-4-8(15)9(5-7(6)14)17-12(19)11-10(18)2-1-3-16-11/h1-5,18H,(H,17,19). The van der Waals surface area contributed by atoms with Crippen molar-refractivity contribution in [3.05, 3.63) is 53.6 Å². The molecule has 1 aromatic heterocycles. The summed E-state index contributed by atoms with van der Waals surface area (Å²) >= 11 is 0. The summed E-state index contributed by atoms with van der Waals surface area (Å²) in [5.74, 6) is -5.16. The van der Waals surface area contributed by atoms with E-state index in [0.717, 1.165) is 0 Å². The van der Waals surface area contributed by atoms with Gasteiger partial charge in [0.25, 0.3) is 5.91 Å². The first-order valence-corrected chi connectivity index (χ1v) is 5.09. The molecule has 0 saturated carbocycles. The maximum atomic E-state index is 13.3. The van der Waals surface area contributed by atoms with E-state index in [1.807, 2.05) is 5.32 Å². The Bertz CT molecular complexity index is 647. The lowest BCUT2D eigenvalue weighted by Crippen LogP contribution is -2.15. The van der Waals surface area contributed by atoms with Crippen LogP contribution in [0.15, 0.2) is 30.5 Å². The highest BCUT2D eigenvalue weighted by molar-refractivity contribution is 6.04. The van der Waals surface area contributed by atoms with Crippen molar-refractivity contribution in [2.24, 2.45) is 0 Å². The van der Waals surface area contributed by atoms with Gasteiger partial charge in [-0.05, 0) is 12.1 Å². The fraction of sp³-hybridized carbons (Fsp3) is 0. The van der Waals surface area contributed by atoms with Gasteiger partial charge in [-0.15, -0.1) is 0 Å². The lowest BCUT2D eigenvalue weighted by atomic mass is 10.2. The van der Waals surface area contributed by atoms with Crippen LogP contribution in [0.1, 0.15) is 10.5 Å². The van der Waals surface area contributed by atoms with E-state index in [9.17, 15) is 23.1 Å². The Morgan fingerprint density at radius 2 is 1.84 bits per heavy atom. The zero-order valence-corrected chi connectivity index (χ0v) is 9.32. The molecule has 1 aromatic carbocycles. The Morgan fingerprint density at radius 3 is 2.53 bits per heavy atom. The van der Waals surface area contributed by atoms with E-state index < -0.39 is 34.8 Å². The summed E-state index contributed by atoms with van der Waals surface area (Å²) in [6.45, 7) is 0. The normalized spacial score (nSPS) is 10.3.